The van der Waals surface area contributed by atoms with Crippen LogP contribution in [0.1, 0.15) is 17.0 Å². The Morgan fingerprint density at radius 1 is 1.21 bits per heavy atom. The molecule has 0 saturated heterocycles. The van der Waals surface area contributed by atoms with E-state index in [0.717, 1.165) is 11.8 Å². The van der Waals surface area contributed by atoms with Crippen LogP contribution in [0, 0.1) is 10.1 Å². The molecule has 0 atom stereocenters. The maximum atomic E-state index is 13.2. The molecule has 1 aliphatic heterocycles. The first-order valence-electron chi connectivity index (χ1n) is 8.30. The Morgan fingerprint density at radius 2 is 2.00 bits per heavy atom. The van der Waals surface area contributed by atoms with Crippen molar-refractivity contribution in [1.82, 2.24) is 9.97 Å². The minimum atomic E-state index is -4.69. The summed E-state index contributed by atoms with van der Waals surface area (Å²) >= 11 is 1.03. The van der Waals surface area contributed by atoms with Gasteiger partial charge < -0.3 is 9.47 Å². The van der Waals surface area contributed by atoms with E-state index >= 15 is 0 Å². The molecule has 150 valence electrons. The third-order valence-electron chi connectivity index (χ3n) is 4.17. The zero-order chi connectivity index (χ0) is 20.6. The van der Waals surface area contributed by atoms with Crippen molar-refractivity contribution >= 4 is 28.4 Å². The molecule has 0 radical (unpaired) electrons. The molecule has 0 bridgehead atoms. The molecule has 2 aromatic carbocycles. The quantitative estimate of drug-likeness (QED) is 0.260. The molecule has 0 saturated carbocycles. The highest BCUT2D eigenvalue weighted by molar-refractivity contribution is 7.98. The molecule has 11 heteroatoms. The molecule has 1 aromatic heterocycles. The number of alkyl halides is 3. The second-order valence-electron chi connectivity index (χ2n) is 6.12. The number of fused-ring (bicyclic) bond motifs is 2. The molecular weight excluding hydrogens is 411 g/mol. The van der Waals surface area contributed by atoms with Gasteiger partial charge in [0.2, 0.25) is 5.82 Å². The first kappa shape index (κ1) is 19.4. The minimum absolute atomic E-state index is 0.00284. The van der Waals surface area contributed by atoms with Gasteiger partial charge >= 0.3 is 6.18 Å². The van der Waals surface area contributed by atoms with Crippen LogP contribution >= 0.6 is 11.8 Å². The van der Waals surface area contributed by atoms with Crippen LogP contribution in [0.25, 0.3) is 10.9 Å². The van der Waals surface area contributed by atoms with Gasteiger partial charge in [0.1, 0.15) is 10.8 Å². The highest BCUT2D eigenvalue weighted by Gasteiger charge is 2.35. The number of halogens is 3. The van der Waals surface area contributed by atoms with E-state index in [1.165, 1.54) is 18.2 Å². The van der Waals surface area contributed by atoms with Gasteiger partial charge in [0.05, 0.1) is 17.0 Å². The van der Waals surface area contributed by atoms with Crippen molar-refractivity contribution in [2.45, 2.75) is 23.6 Å². The molecule has 7 nitrogen and oxygen atoms in total. The molecule has 0 aliphatic carbocycles. The van der Waals surface area contributed by atoms with Crippen LogP contribution in [-0.2, 0) is 23.3 Å². The normalized spacial score (nSPS) is 13.8. The maximum Gasteiger partial charge on any atom is 0.451 e. The Hall–Kier alpha value is -2.92. The molecule has 4 rings (SSSR count). The number of thioether (sulfide) groups is 1. The minimum Gasteiger partial charge on any atom is -0.467 e. The number of benzene rings is 2. The monoisotopic (exact) mass is 423 g/mol. The molecule has 1 aliphatic rings. The number of rotatable bonds is 4. The number of nitro groups is 1. The van der Waals surface area contributed by atoms with Crippen molar-refractivity contribution in [3.63, 3.8) is 0 Å². The lowest BCUT2D eigenvalue weighted by molar-refractivity contribution is -0.385. The lowest BCUT2D eigenvalue weighted by Gasteiger charge is -2.20. The number of nitrogens with zero attached hydrogens (tertiary/aromatic N) is 3. The van der Waals surface area contributed by atoms with E-state index in [1.54, 1.807) is 18.2 Å². The Kier molecular flexibility index (Phi) is 5.01. The van der Waals surface area contributed by atoms with E-state index in [-0.39, 0.29) is 35.4 Å². The first-order valence-corrected chi connectivity index (χ1v) is 9.29. The summed E-state index contributed by atoms with van der Waals surface area (Å²) in [6, 6.07) is 9.10. The highest BCUT2D eigenvalue weighted by atomic mass is 32.2. The average Bonchev–Trinajstić information content (AvgIpc) is 2.70. The Labute approximate surface area is 166 Å². The number of ether oxygens (including phenoxy) is 2. The van der Waals surface area contributed by atoms with Gasteiger partial charge in [-0.15, -0.1) is 11.8 Å². The van der Waals surface area contributed by atoms with Gasteiger partial charge in [0.25, 0.3) is 5.69 Å². The van der Waals surface area contributed by atoms with Crippen molar-refractivity contribution in [3.05, 3.63) is 63.5 Å². The Bertz CT molecular complexity index is 1110. The van der Waals surface area contributed by atoms with E-state index < -0.39 is 16.9 Å². The van der Waals surface area contributed by atoms with Crippen LogP contribution in [0.4, 0.5) is 18.9 Å². The summed E-state index contributed by atoms with van der Waals surface area (Å²) in [7, 11) is 0. The summed E-state index contributed by atoms with van der Waals surface area (Å²) in [6.07, 6.45) is -4.69. The van der Waals surface area contributed by atoms with E-state index in [4.69, 9.17) is 9.47 Å². The van der Waals surface area contributed by atoms with Crippen LogP contribution in [0.3, 0.4) is 0 Å². The summed E-state index contributed by atoms with van der Waals surface area (Å²) in [5, 5.41) is 11.8. The summed E-state index contributed by atoms with van der Waals surface area (Å²) in [4.78, 5) is 18.0. The second kappa shape index (κ2) is 7.48. The average molecular weight is 423 g/mol. The molecule has 0 fully saturated rings. The van der Waals surface area contributed by atoms with Gasteiger partial charge in [0, 0.05) is 34.4 Å². The van der Waals surface area contributed by atoms with Crippen molar-refractivity contribution in [1.29, 1.82) is 0 Å². The standard InChI is InChI=1S/C18H12F3N3O4S/c19-18(20,21)17-22-14-4-2-1-3-13(14)16(23-17)29-8-11-6-12(24(25)26)5-10-7-27-9-28-15(10)11/h1-6H,7-9H2. The van der Waals surface area contributed by atoms with E-state index in [9.17, 15) is 23.3 Å². The largest absolute Gasteiger partial charge is 0.467 e. The summed E-state index contributed by atoms with van der Waals surface area (Å²) < 4.78 is 50.2. The van der Waals surface area contributed by atoms with Gasteiger partial charge in [-0.3, -0.25) is 10.1 Å². The topological polar surface area (TPSA) is 87.4 Å². The number of hydrogen-bond acceptors (Lipinski definition) is 7. The third-order valence-corrected chi connectivity index (χ3v) is 5.21. The van der Waals surface area contributed by atoms with Gasteiger partial charge in [-0.1, -0.05) is 18.2 Å². The zero-order valence-corrected chi connectivity index (χ0v) is 15.4. The van der Waals surface area contributed by atoms with E-state index in [1.807, 2.05) is 0 Å². The molecule has 2 heterocycles. The Morgan fingerprint density at radius 3 is 2.76 bits per heavy atom. The predicted molar refractivity (Wildman–Crippen MR) is 97.5 cm³/mol. The smallest absolute Gasteiger partial charge is 0.451 e. The third kappa shape index (κ3) is 3.96. The van der Waals surface area contributed by atoms with E-state index in [2.05, 4.69) is 9.97 Å². The van der Waals surface area contributed by atoms with Crippen molar-refractivity contribution in [2.75, 3.05) is 6.79 Å². The Balaban J connectivity index is 1.73. The summed E-state index contributed by atoms with van der Waals surface area (Å²) in [6.45, 7) is 0.153. The fraction of sp³-hybridized carbons (Fsp3) is 0.222. The van der Waals surface area contributed by atoms with Crippen molar-refractivity contribution < 1.29 is 27.6 Å². The molecule has 3 aromatic rings. The van der Waals surface area contributed by atoms with Crippen LogP contribution in [-0.4, -0.2) is 21.7 Å². The number of hydrogen-bond donors (Lipinski definition) is 0. The highest BCUT2D eigenvalue weighted by Crippen LogP contribution is 2.38. The molecule has 0 unspecified atom stereocenters. The summed E-state index contributed by atoms with van der Waals surface area (Å²) in [5.41, 5.74) is 1.03. The fourth-order valence-electron chi connectivity index (χ4n) is 2.92. The number of aromatic nitrogens is 2. The van der Waals surface area contributed by atoms with Gasteiger partial charge in [0.15, 0.2) is 6.79 Å². The number of non-ortho nitro benzene ring substituents is 1. The van der Waals surface area contributed by atoms with E-state index in [0.29, 0.717) is 22.3 Å². The molecule has 0 amide bonds. The van der Waals surface area contributed by atoms with Crippen LogP contribution in [0.15, 0.2) is 41.4 Å². The van der Waals surface area contributed by atoms with Crippen LogP contribution in [0.2, 0.25) is 0 Å². The van der Waals surface area contributed by atoms with Gasteiger partial charge in [-0.25, -0.2) is 9.97 Å². The molecule has 0 N–H and O–H groups in total. The number of para-hydroxylation sites is 1. The lowest BCUT2D eigenvalue weighted by atomic mass is 10.1. The fourth-order valence-corrected chi connectivity index (χ4v) is 3.91. The van der Waals surface area contributed by atoms with Gasteiger partial charge in [-0.2, -0.15) is 13.2 Å². The van der Waals surface area contributed by atoms with Crippen LogP contribution < -0.4 is 4.74 Å². The summed E-state index contributed by atoms with van der Waals surface area (Å²) in [5.74, 6) is -0.657. The maximum absolute atomic E-state index is 13.2. The SMILES string of the molecule is O=[N+]([O-])c1cc2c(c(CSc3nc(C(F)(F)F)nc4ccccc34)c1)OCOC2. The molecular formula is C18H12F3N3O4S. The van der Waals surface area contributed by atoms with Crippen LogP contribution in [0.5, 0.6) is 5.75 Å². The first-order chi connectivity index (χ1) is 13.8. The van der Waals surface area contributed by atoms with Crippen molar-refractivity contribution in [3.8, 4) is 5.75 Å². The van der Waals surface area contributed by atoms with Gasteiger partial charge in [-0.05, 0) is 6.07 Å². The molecule has 0 spiro atoms. The predicted octanol–water partition coefficient (Wildman–Crippen LogP) is 4.72. The second-order valence-corrected chi connectivity index (χ2v) is 7.08. The molecule has 29 heavy (non-hydrogen) atoms. The van der Waals surface area contributed by atoms with Crippen molar-refractivity contribution in [2.24, 2.45) is 0 Å². The zero-order valence-electron chi connectivity index (χ0n) is 14.6. The number of nitro benzene ring substituents is 1. The lowest BCUT2D eigenvalue weighted by Crippen LogP contribution is -2.13.